The van der Waals surface area contributed by atoms with E-state index in [9.17, 15) is 10.1 Å². The lowest BCUT2D eigenvalue weighted by Crippen LogP contribution is -2.48. The van der Waals surface area contributed by atoms with Crippen molar-refractivity contribution in [3.8, 4) is 6.07 Å². The molecule has 0 saturated heterocycles. The second kappa shape index (κ2) is 6.29. The van der Waals surface area contributed by atoms with Gasteiger partial charge < -0.3 is 10.2 Å². The summed E-state index contributed by atoms with van der Waals surface area (Å²) in [6.07, 6.45) is 3.53. The van der Waals surface area contributed by atoms with Crippen LogP contribution in [0.15, 0.2) is 42.5 Å². The number of carbonyl (C=O) groups is 1. The molecular weight excluding hydrogens is 286 g/mol. The number of amides is 1. The highest BCUT2D eigenvalue weighted by Crippen LogP contribution is 2.29. The highest BCUT2D eigenvalue weighted by Gasteiger charge is 2.35. The van der Waals surface area contributed by atoms with Gasteiger partial charge in [-0.05, 0) is 48.6 Å². The van der Waals surface area contributed by atoms with Gasteiger partial charge in [0, 0.05) is 12.7 Å². The molecule has 0 heterocycles. The predicted molar refractivity (Wildman–Crippen MR) is 92.2 cm³/mol. The Balaban J connectivity index is 1.69. The highest BCUT2D eigenvalue weighted by atomic mass is 16.2. The fraction of sp³-hybridized carbons (Fsp3) is 0.368. The Morgan fingerprint density at radius 1 is 1.22 bits per heavy atom. The van der Waals surface area contributed by atoms with Crippen molar-refractivity contribution in [2.75, 3.05) is 18.5 Å². The summed E-state index contributed by atoms with van der Waals surface area (Å²) in [5.74, 6) is -0.0934. The molecule has 1 fully saturated rings. The summed E-state index contributed by atoms with van der Waals surface area (Å²) in [6.45, 7) is 0.252. The van der Waals surface area contributed by atoms with Gasteiger partial charge >= 0.3 is 0 Å². The summed E-state index contributed by atoms with van der Waals surface area (Å²) in [5.41, 5.74) is 0.345. The molecule has 0 aromatic heterocycles. The van der Waals surface area contributed by atoms with Crippen molar-refractivity contribution in [2.24, 2.45) is 0 Å². The topological polar surface area (TPSA) is 56.1 Å². The zero-order valence-electron chi connectivity index (χ0n) is 13.4. The molecule has 2 aromatic carbocycles. The smallest absolute Gasteiger partial charge is 0.240 e. The van der Waals surface area contributed by atoms with E-state index in [1.165, 1.54) is 5.39 Å². The van der Waals surface area contributed by atoms with Gasteiger partial charge in [0.25, 0.3) is 0 Å². The third-order valence-electron chi connectivity index (χ3n) is 4.60. The number of hydrogen-bond acceptors (Lipinski definition) is 3. The lowest BCUT2D eigenvalue weighted by Gasteiger charge is -2.25. The Morgan fingerprint density at radius 3 is 2.61 bits per heavy atom. The molecule has 1 saturated carbocycles. The van der Waals surface area contributed by atoms with Crippen molar-refractivity contribution in [1.82, 2.24) is 5.32 Å². The number of nitrogens with zero attached hydrogens (tertiary/aromatic N) is 2. The number of anilines is 1. The molecule has 1 aliphatic rings. The predicted octanol–water partition coefficient (Wildman–Crippen LogP) is 3.23. The van der Waals surface area contributed by atoms with E-state index >= 15 is 0 Å². The van der Waals surface area contributed by atoms with Crippen LogP contribution in [0.1, 0.15) is 25.7 Å². The molecule has 1 aliphatic carbocycles. The number of likely N-dealkylation sites (N-methyl/N-ethyl adjacent to an activating group) is 1. The van der Waals surface area contributed by atoms with Crippen LogP contribution >= 0.6 is 0 Å². The Bertz CT molecular complexity index is 757. The van der Waals surface area contributed by atoms with Crippen molar-refractivity contribution in [3.05, 3.63) is 42.5 Å². The maximum absolute atomic E-state index is 12.3. The van der Waals surface area contributed by atoms with Crippen LogP contribution in [0, 0.1) is 11.3 Å². The number of benzene rings is 2. The molecular formula is C19H21N3O. The molecule has 1 N–H and O–H groups in total. The standard InChI is InChI=1S/C19H21N3O/c1-22(13-18(23)21-19(14-20)10-4-5-11-19)17-9-8-15-6-2-3-7-16(15)12-17/h2-3,6-9,12H,4-5,10-11,13H2,1H3,(H,21,23). The van der Waals surface area contributed by atoms with E-state index in [2.05, 4.69) is 35.7 Å². The fourth-order valence-electron chi connectivity index (χ4n) is 3.27. The van der Waals surface area contributed by atoms with Crippen molar-refractivity contribution < 1.29 is 4.79 Å². The normalized spacial score (nSPS) is 16.0. The highest BCUT2D eigenvalue weighted by molar-refractivity contribution is 5.87. The van der Waals surface area contributed by atoms with Gasteiger partial charge in [-0.25, -0.2) is 0 Å². The van der Waals surface area contributed by atoms with E-state index in [1.54, 1.807) is 0 Å². The Labute approximate surface area is 136 Å². The van der Waals surface area contributed by atoms with E-state index in [0.717, 1.165) is 36.8 Å². The summed E-state index contributed by atoms with van der Waals surface area (Å²) in [7, 11) is 1.90. The first kappa shape index (κ1) is 15.4. The molecule has 1 amide bonds. The number of fused-ring (bicyclic) bond motifs is 1. The summed E-state index contributed by atoms with van der Waals surface area (Å²) in [4.78, 5) is 14.2. The number of rotatable bonds is 4. The van der Waals surface area contributed by atoms with Crippen molar-refractivity contribution in [2.45, 2.75) is 31.2 Å². The average molecular weight is 307 g/mol. The largest absolute Gasteiger partial charge is 0.365 e. The van der Waals surface area contributed by atoms with Gasteiger partial charge in [-0.1, -0.05) is 30.3 Å². The van der Waals surface area contributed by atoms with E-state index in [0.29, 0.717) is 0 Å². The van der Waals surface area contributed by atoms with Gasteiger partial charge in [0.1, 0.15) is 5.54 Å². The van der Waals surface area contributed by atoms with E-state index in [-0.39, 0.29) is 12.5 Å². The van der Waals surface area contributed by atoms with Crippen LogP contribution in [0.25, 0.3) is 10.8 Å². The van der Waals surface area contributed by atoms with Gasteiger partial charge in [-0.2, -0.15) is 5.26 Å². The second-order valence-electron chi connectivity index (χ2n) is 6.34. The summed E-state index contributed by atoms with van der Waals surface area (Å²) in [6, 6.07) is 16.6. The van der Waals surface area contributed by atoms with Crippen LogP contribution < -0.4 is 10.2 Å². The first-order valence-electron chi connectivity index (χ1n) is 8.04. The second-order valence-corrected chi connectivity index (χ2v) is 6.34. The molecule has 0 aliphatic heterocycles. The van der Waals surface area contributed by atoms with Crippen LogP contribution in [0.2, 0.25) is 0 Å². The molecule has 0 radical (unpaired) electrons. The van der Waals surface area contributed by atoms with Gasteiger partial charge in [0.15, 0.2) is 0 Å². The SMILES string of the molecule is CN(CC(=O)NC1(C#N)CCCC1)c1ccc2ccccc2c1. The Kier molecular flexibility index (Phi) is 4.20. The van der Waals surface area contributed by atoms with Crippen LogP contribution in [-0.2, 0) is 4.79 Å². The maximum Gasteiger partial charge on any atom is 0.240 e. The first-order valence-corrected chi connectivity index (χ1v) is 8.04. The van der Waals surface area contributed by atoms with Gasteiger partial charge in [0.05, 0.1) is 12.6 Å². The van der Waals surface area contributed by atoms with Crippen molar-refractivity contribution in [1.29, 1.82) is 5.26 Å². The number of nitrogens with one attached hydrogen (secondary N) is 1. The van der Waals surface area contributed by atoms with Gasteiger partial charge in [-0.3, -0.25) is 4.79 Å². The zero-order valence-corrected chi connectivity index (χ0v) is 13.4. The zero-order chi connectivity index (χ0) is 16.3. The first-order chi connectivity index (χ1) is 11.1. The molecule has 2 aromatic rings. The molecule has 23 heavy (non-hydrogen) atoms. The van der Waals surface area contributed by atoms with E-state index in [4.69, 9.17) is 0 Å². The minimum Gasteiger partial charge on any atom is -0.365 e. The molecule has 4 nitrogen and oxygen atoms in total. The number of carbonyl (C=O) groups excluding carboxylic acids is 1. The molecule has 0 spiro atoms. The summed E-state index contributed by atoms with van der Waals surface area (Å²) < 4.78 is 0. The summed E-state index contributed by atoms with van der Waals surface area (Å²) in [5, 5.41) is 14.6. The molecule has 0 atom stereocenters. The molecule has 3 rings (SSSR count). The van der Waals surface area contributed by atoms with Crippen LogP contribution in [0.5, 0.6) is 0 Å². The molecule has 0 unspecified atom stereocenters. The Morgan fingerprint density at radius 2 is 1.91 bits per heavy atom. The number of nitriles is 1. The van der Waals surface area contributed by atoms with E-state index < -0.39 is 5.54 Å². The maximum atomic E-state index is 12.3. The van der Waals surface area contributed by atoms with Gasteiger partial charge in [-0.15, -0.1) is 0 Å². The summed E-state index contributed by atoms with van der Waals surface area (Å²) >= 11 is 0. The van der Waals surface area contributed by atoms with Crippen LogP contribution in [0.3, 0.4) is 0 Å². The minimum absolute atomic E-state index is 0.0934. The average Bonchev–Trinajstić information content (AvgIpc) is 3.03. The third-order valence-corrected chi connectivity index (χ3v) is 4.60. The molecule has 0 bridgehead atoms. The molecule has 118 valence electrons. The fourth-order valence-corrected chi connectivity index (χ4v) is 3.27. The quantitative estimate of drug-likeness (QED) is 0.943. The van der Waals surface area contributed by atoms with E-state index in [1.807, 2.05) is 30.1 Å². The number of hydrogen-bond donors (Lipinski definition) is 1. The monoisotopic (exact) mass is 307 g/mol. The van der Waals surface area contributed by atoms with Crippen LogP contribution in [-0.4, -0.2) is 25.0 Å². The van der Waals surface area contributed by atoms with Crippen LogP contribution in [0.4, 0.5) is 5.69 Å². The molecule has 4 heteroatoms. The van der Waals surface area contributed by atoms with Crippen molar-refractivity contribution >= 4 is 22.4 Å². The lowest BCUT2D eigenvalue weighted by atomic mass is 10.00. The van der Waals surface area contributed by atoms with Crippen molar-refractivity contribution in [3.63, 3.8) is 0 Å². The lowest BCUT2D eigenvalue weighted by molar-refractivity contribution is -0.121. The Hall–Kier alpha value is -2.54. The third kappa shape index (κ3) is 3.29. The minimum atomic E-state index is -0.651. The van der Waals surface area contributed by atoms with Gasteiger partial charge in [0.2, 0.25) is 5.91 Å².